The van der Waals surface area contributed by atoms with Gasteiger partial charge in [-0.3, -0.25) is 0 Å². The van der Waals surface area contributed by atoms with Crippen LogP contribution in [0.1, 0.15) is 0 Å². The Bertz CT molecular complexity index is 941. The van der Waals surface area contributed by atoms with Gasteiger partial charge in [-0.1, -0.05) is 60.7 Å². The number of fused-ring (bicyclic) bond motifs is 3. The predicted octanol–water partition coefficient (Wildman–Crippen LogP) is 5.76. The summed E-state index contributed by atoms with van der Waals surface area (Å²) in [4.78, 5) is 2.22. The maximum atomic E-state index is 2.26. The molecule has 0 atom stereocenters. The molecule has 0 heterocycles. The van der Waals surface area contributed by atoms with E-state index in [2.05, 4.69) is 90.8 Å². The van der Waals surface area contributed by atoms with Crippen molar-refractivity contribution in [1.82, 2.24) is 0 Å². The van der Waals surface area contributed by atoms with Crippen molar-refractivity contribution >= 4 is 32.9 Å². The lowest BCUT2D eigenvalue weighted by atomic mass is 10.0. The monoisotopic (exact) mass is 283 g/mol. The number of anilines is 2. The largest absolute Gasteiger partial charge is 0.345 e. The highest BCUT2D eigenvalue weighted by atomic mass is 15.1. The van der Waals surface area contributed by atoms with Crippen molar-refractivity contribution in [1.29, 1.82) is 0 Å². The molecule has 0 N–H and O–H groups in total. The van der Waals surface area contributed by atoms with E-state index in [1.54, 1.807) is 0 Å². The summed E-state index contributed by atoms with van der Waals surface area (Å²) in [5.74, 6) is 0. The molecule has 22 heavy (non-hydrogen) atoms. The number of hydrogen-bond donors (Lipinski definition) is 0. The van der Waals surface area contributed by atoms with Gasteiger partial charge in [0.1, 0.15) is 0 Å². The van der Waals surface area contributed by atoms with Crippen LogP contribution in [0, 0.1) is 0 Å². The van der Waals surface area contributed by atoms with Crippen LogP contribution in [0.15, 0.2) is 84.9 Å². The molecule has 1 nitrogen and oxygen atoms in total. The van der Waals surface area contributed by atoms with Crippen LogP contribution in [0.4, 0.5) is 11.4 Å². The van der Waals surface area contributed by atoms with Crippen molar-refractivity contribution < 1.29 is 0 Å². The molecule has 0 aliphatic heterocycles. The van der Waals surface area contributed by atoms with Crippen LogP contribution in [0.2, 0.25) is 0 Å². The summed E-state index contributed by atoms with van der Waals surface area (Å²) in [6, 6.07) is 30.1. The average Bonchev–Trinajstić information content (AvgIpc) is 2.61. The van der Waals surface area contributed by atoms with E-state index in [0.29, 0.717) is 0 Å². The maximum absolute atomic E-state index is 2.26. The summed E-state index contributed by atoms with van der Waals surface area (Å²) in [6.45, 7) is 0. The fourth-order valence-corrected chi connectivity index (χ4v) is 3.01. The fraction of sp³-hybridized carbons (Fsp3) is 0.0476. The van der Waals surface area contributed by atoms with Crippen molar-refractivity contribution in [2.45, 2.75) is 0 Å². The zero-order valence-corrected chi connectivity index (χ0v) is 12.5. The highest BCUT2D eigenvalue weighted by molar-refractivity contribution is 6.08. The van der Waals surface area contributed by atoms with Gasteiger partial charge in [0.05, 0.1) is 0 Å². The summed E-state index contributed by atoms with van der Waals surface area (Å²) in [5, 5.41) is 5.19. The number of nitrogens with zero attached hydrogens (tertiary/aromatic N) is 1. The highest BCUT2D eigenvalue weighted by Crippen LogP contribution is 2.30. The molecule has 0 aliphatic carbocycles. The first-order chi connectivity index (χ1) is 10.8. The quantitative estimate of drug-likeness (QED) is 0.423. The van der Waals surface area contributed by atoms with Crippen LogP contribution in [0.3, 0.4) is 0 Å². The van der Waals surface area contributed by atoms with Gasteiger partial charge >= 0.3 is 0 Å². The minimum absolute atomic E-state index is 1.20. The molecule has 0 saturated heterocycles. The summed E-state index contributed by atoms with van der Waals surface area (Å²) in [5.41, 5.74) is 2.40. The van der Waals surface area contributed by atoms with Gasteiger partial charge in [-0.15, -0.1) is 0 Å². The zero-order valence-electron chi connectivity index (χ0n) is 12.5. The minimum atomic E-state index is 1.20. The van der Waals surface area contributed by atoms with E-state index >= 15 is 0 Å². The molecule has 106 valence electrons. The number of hydrogen-bond acceptors (Lipinski definition) is 1. The summed E-state index contributed by atoms with van der Waals surface area (Å²) >= 11 is 0. The molecule has 4 aromatic rings. The van der Waals surface area contributed by atoms with Crippen molar-refractivity contribution in [2.24, 2.45) is 0 Å². The lowest BCUT2D eigenvalue weighted by molar-refractivity contribution is 1.21. The van der Waals surface area contributed by atoms with Gasteiger partial charge in [-0.25, -0.2) is 0 Å². The predicted molar refractivity (Wildman–Crippen MR) is 96.0 cm³/mol. The summed E-state index contributed by atoms with van der Waals surface area (Å²) in [6.07, 6.45) is 0. The molecular formula is C21H17N. The Morgan fingerprint density at radius 1 is 0.545 bits per heavy atom. The first-order valence-electron chi connectivity index (χ1n) is 7.53. The lowest BCUT2D eigenvalue weighted by Crippen LogP contribution is -2.08. The van der Waals surface area contributed by atoms with Crippen LogP contribution in [-0.4, -0.2) is 7.05 Å². The molecule has 4 aromatic carbocycles. The van der Waals surface area contributed by atoms with Crippen molar-refractivity contribution in [3.8, 4) is 0 Å². The second-order valence-corrected chi connectivity index (χ2v) is 5.59. The molecule has 0 spiro atoms. The molecule has 0 saturated carbocycles. The molecule has 0 fully saturated rings. The molecule has 0 aromatic heterocycles. The molecule has 0 radical (unpaired) electrons. The van der Waals surface area contributed by atoms with Crippen LogP contribution >= 0.6 is 0 Å². The van der Waals surface area contributed by atoms with Crippen molar-refractivity contribution in [3.05, 3.63) is 84.9 Å². The van der Waals surface area contributed by atoms with Crippen LogP contribution in [0.25, 0.3) is 21.5 Å². The Hall–Kier alpha value is -2.80. The van der Waals surface area contributed by atoms with E-state index < -0.39 is 0 Å². The average molecular weight is 283 g/mol. The van der Waals surface area contributed by atoms with Gasteiger partial charge in [-0.05, 0) is 45.8 Å². The third-order valence-electron chi connectivity index (χ3n) is 4.26. The van der Waals surface area contributed by atoms with Crippen LogP contribution in [-0.2, 0) is 0 Å². The standard InChI is InChI=1S/C21H17N/c1-22(18-8-3-2-4-9-18)19-13-14-21-17(15-19)12-11-16-7-5-6-10-20(16)21/h2-15H,1H3. The topological polar surface area (TPSA) is 3.24 Å². The molecule has 1 heteroatoms. The molecular weight excluding hydrogens is 266 g/mol. The molecule has 0 unspecified atom stereocenters. The second-order valence-electron chi connectivity index (χ2n) is 5.59. The molecule has 4 rings (SSSR count). The molecule has 0 bridgehead atoms. The molecule has 0 aliphatic rings. The Kier molecular flexibility index (Phi) is 3.05. The third kappa shape index (κ3) is 2.11. The van der Waals surface area contributed by atoms with Gasteiger partial charge < -0.3 is 4.90 Å². The Morgan fingerprint density at radius 2 is 1.23 bits per heavy atom. The lowest BCUT2D eigenvalue weighted by Gasteiger charge is -2.20. The Morgan fingerprint density at radius 3 is 2.09 bits per heavy atom. The van der Waals surface area contributed by atoms with Gasteiger partial charge in [-0.2, -0.15) is 0 Å². The minimum Gasteiger partial charge on any atom is -0.345 e. The Labute approximate surface area is 130 Å². The molecule has 0 amide bonds. The van der Waals surface area contributed by atoms with Gasteiger partial charge in [0.25, 0.3) is 0 Å². The van der Waals surface area contributed by atoms with Crippen molar-refractivity contribution in [3.63, 3.8) is 0 Å². The zero-order chi connectivity index (χ0) is 14.9. The fourth-order valence-electron chi connectivity index (χ4n) is 3.01. The van der Waals surface area contributed by atoms with E-state index in [4.69, 9.17) is 0 Å². The number of benzene rings is 4. The van der Waals surface area contributed by atoms with Crippen molar-refractivity contribution in [2.75, 3.05) is 11.9 Å². The van der Waals surface area contributed by atoms with Crippen LogP contribution in [0.5, 0.6) is 0 Å². The van der Waals surface area contributed by atoms with Gasteiger partial charge in [0.15, 0.2) is 0 Å². The van der Waals surface area contributed by atoms with E-state index in [9.17, 15) is 0 Å². The maximum Gasteiger partial charge on any atom is 0.0414 e. The summed E-state index contributed by atoms with van der Waals surface area (Å²) in [7, 11) is 2.11. The van der Waals surface area contributed by atoms with E-state index in [-0.39, 0.29) is 0 Å². The summed E-state index contributed by atoms with van der Waals surface area (Å²) < 4.78 is 0. The first kappa shape index (κ1) is 12.9. The van der Waals surface area contributed by atoms with Gasteiger partial charge in [0.2, 0.25) is 0 Å². The van der Waals surface area contributed by atoms with Crippen LogP contribution < -0.4 is 4.90 Å². The van der Waals surface area contributed by atoms with Gasteiger partial charge in [0, 0.05) is 18.4 Å². The number of rotatable bonds is 2. The first-order valence-corrected chi connectivity index (χ1v) is 7.53. The highest BCUT2D eigenvalue weighted by Gasteiger charge is 2.06. The van der Waals surface area contributed by atoms with E-state index in [0.717, 1.165) is 0 Å². The second kappa shape index (κ2) is 5.19. The smallest absolute Gasteiger partial charge is 0.0414 e. The third-order valence-corrected chi connectivity index (χ3v) is 4.26. The Balaban J connectivity index is 1.86. The number of para-hydroxylation sites is 1. The normalized spacial score (nSPS) is 11.0. The SMILES string of the molecule is CN(c1ccccc1)c1ccc2c(ccc3ccccc32)c1. The van der Waals surface area contributed by atoms with E-state index in [1.165, 1.54) is 32.9 Å². The van der Waals surface area contributed by atoms with E-state index in [1.807, 2.05) is 6.07 Å².